The fraction of sp³-hybridized carbons (Fsp3) is 0.500. The van der Waals surface area contributed by atoms with E-state index in [1.54, 1.807) is 19.9 Å². The maximum Gasteiger partial charge on any atom is 0.325 e. The van der Waals surface area contributed by atoms with Gasteiger partial charge in [-0.3, -0.25) is 14.5 Å². The van der Waals surface area contributed by atoms with Crippen LogP contribution in [0.5, 0.6) is 0 Å². The van der Waals surface area contributed by atoms with Crippen LogP contribution >= 0.6 is 0 Å². The number of nitrogens with zero attached hydrogens (tertiary/aromatic N) is 2. The van der Waals surface area contributed by atoms with E-state index in [0.717, 1.165) is 35.1 Å². The van der Waals surface area contributed by atoms with Crippen LogP contribution < -0.4 is 0 Å². The smallest absolute Gasteiger partial charge is 0.325 e. The molecule has 2 aromatic rings. The van der Waals surface area contributed by atoms with Gasteiger partial charge in [-0.05, 0) is 37.6 Å². The zero-order valence-electron chi connectivity index (χ0n) is 15.8. The van der Waals surface area contributed by atoms with Crippen molar-refractivity contribution >= 4 is 22.8 Å². The summed E-state index contributed by atoms with van der Waals surface area (Å²) in [4.78, 5) is 25.8. The molecule has 2 heterocycles. The van der Waals surface area contributed by atoms with Crippen molar-refractivity contribution in [3.8, 4) is 0 Å². The summed E-state index contributed by atoms with van der Waals surface area (Å²) in [5, 5.41) is 0.815. The molecule has 0 bridgehead atoms. The fourth-order valence-corrected chi connectivity index (χ4v) is 3.67. The Bertz CT molecular complexity index is 846. The van der Waals surface area contributed by atoms with E-state index in [1.165, 1.54) is 12.1 Å². The highest BCUT2D eigenvalue weighted by molar-refractivity contribution is 5.87. The van der Waals surface area contributed by atoms with Gasteiger partial charge in [0.25, 0.3) is 0 Å². The first kappa shape index (κ1) is 19.4. The lowest BCUT2D eigenvalue weighted by Gasteiger charge is -2.27. The monoisotopic (exact) mass is 376 g/mol. The van der Waals surface area contributed by atoms with E-state index in [4.69, 9.17) is 9.47 Å². The highest BCUT2D eigenvalue weighted by Crippen LogP contribution is 2.31. The highest BCUT2D eigenvalue weighted by atomic mass is 19.1. The molecular weight excluding hydrogens is 351 g/mol. The van der Waals surface area contributed by atoms with E-state index >= 15 is 0 Å². The number of ether oxygens (including phenoxy) is 2. The highest BCUT2D eigenvalue weighted by Gasteiger charge is 2.25. The summed E-state index contributed by atoms with van der Waals surface area (Å²) in [7, 11) is 0. The number of fused-ring (bicyclic) bond motifs is 3. The predicted octanol–water partition coefficient (Wildman–Crippen LogP) is 2.65. The Morgan fingerprint density at radius 1 is 1.15 bits per heavy atom. The lowest BCUT2D eigenvalue weighted by atomic mass is 10.0. The standard InChI is InChI=1S/C20H25FN2O4/c1-3-26-19(24)8-10-22-9-7-18-16(12-22)15-11-14(21)5-6-17(15)23(18)13-20(25)27-4-2/h5-6,11H,3-4,7-10,12-13H2,1-2H3. The van der Waals surface area contributed by atoms with Crippen molar-refractivity contribution in [3.05, 3.63) is 35.3 Å². The molecule has 7 heteroatoms. The molecule has 1 aliphatic rings. The number of rotatable bonds is 7. The quantitative estimate of drug-likeness (QED) is 0.696. The van der Waals surface area contributed by atoms with Crippen LogP contribution in [0.3, 0.4) is 0 Å². The molecule has 0 unspecified atom stereocenters. The lowest BCUT2D eigenvalue weighted by Crippen LogP contribution is -2.33. The van der Waals surface area contributed by atoms with Gasteiger partial charge in [-0.15, -0.1) is 0 Å². The molecule has 0 atom stereocenters. The molecule has 3 rings (SSSR count). The first-order valence-electron chi connectivity index (χ1n) is 9.36. The number of hydrogen-bond donors (Lipinski definition) is 0. The largest absolute Gasteiger partial charge is 0.466 e. The number of esters is 2. The molecule has 1 aliphatic heterocycles. The molecule has 0 radical (unpaired) electrons. The van der Waals surface area contributed by atoms with Gasteiger partial charge in [0.1, 0.15) is 12.4 Å². The molecule has 0 saturated heterocycles. The van der Waals surface area contributed by atoms with E-state index in [2.05, 4.69) is 4.90 Å². The first-order valence-corrected chi connectivity index (χ1v) is 9.36. The zero-order valence-corrected chi connectivity index (χ0v) is 15.8. The lowest BCUT2D eigenvalue weighted by molar-refractivity contribution is -0.144. The summed E-state index contributed by atoms with van der Waals surface area (Å²) < 4.78 is 25.9. The summed E-state index contributed by atoms with van der Waals surface area (Å²) in [6.45, 7) is 6.38. The van der Waals surface area contributed by atoms with Crippen molar-refractivity contribution in [1.82, 2.24) is 9.47 Å². The number of benzene rings is 1. The summed E-state index contributed by atoms with van der Waals surface area (Å²) in [6.07, 6.45) is 1.06. The van der Waals surface area contributed by atoms with Crippen molar-refractivity contribution in [2.45, 2.75) is 39.8 Å². The van der Waals surface area contributed by atoms with Crippen LogP contribution in [0.1, 0.15) is 31.5 Å². The number of carbonyl (C=O) groups excluding carboxylic acids is 2. The van der Waals surface area contributed by atoms with Crippen LogP contribution in [0.4, 0.5) is 4.39 Å². The second kappa shape index (κ2) is 8.52. The number of halogens is 1. The van der Waals surface area contributed by atoms with E-state index < -0.39 is 0 Å². The van der Waals surface area contributed by atoms with Crippen LogP contribution in [0, 0.1) is 5.82 Å². The third kappa shape index (κ3) is 4.30. The van der Waals surface area contributed by atoms with Gasteiger partial charge in [0, 0.05) is 42.7 Å². The third-order valence-corrected chi connectivity index (χ3v) is 4.83. The van der Waals surface area contributed by atoms with E-state index in [-0.39, 0.29) is 24.3 Å². The van der Waals surface area contributed by atoms with Gasteiger partial charge < -0.3 is 14.0 Å². The molecule has 0 aliphatic carbocycles. The Morgan fingerprint density at radius 3 is 2.63 bits per heavy atom. The van der Waals surface area contributed by atoms with Crippen LogP contribution in [0.2, 0.25) is 0 Å². The number of hydrogen-bond acceptors (Lipinski definition) is 5. The van der Waals surface area contributed by atoms with Gasteiger partial charge in [0.2, 0.25) is 0 Å². The molecule has 0 saturated carbocycles. The number of aromatic nitrogens is 1. The van der Waals surface area contributed by atoms with Crippen LogP contribution in [-0.4, -0.2) is 47.7 Å². The Labute approximate surface area is 157 Å². The summed E-state index contributed by atoms with van der Waals surface area (Å²) in [6, 6.07) is 4.64. The molecule has 0 fully saturated rings. The first-order chi connectivity index (χ1) is 13.0. The summed E-state index contributed by atoms with van der Waals surface area (Å²) in [5.41, 5.74) is 2.89. The molecule has 27 heavy (non-hydrogen) atoms. The fourth-order valence-electron chi connectivity index (χ4n) is 3.67. The van der Waals surface area contributed by atoms with Crippen LogP contribution in [0.25, 0.3) is 10.9 Å². The molecule has 146 valence electrons. The van der Waals surface area contributed by atoms with E-state index in [1.807, 2.05) is 4.57 Å². The zero-order chi connectivity index (χ0) is 19.4. The summed E-state index contributed by atoms with van der Waals surface area (Å²) in [5.74, 6) is -0.812. The van der Waals surface area contributed by atoms with Crippen molar-refractivity contribution in [2.24, 2.45) is 0 Å². The number of carbonyl (C=O) groups is 2. The topological polar surface area (TPSA) is 60.8 Å². The SMILES string of the molecule is CCOC(=O)CCN1CCc2c(c3cc(F)ccc3n2CC(=O)OCC)C1. The van der Waals surface area contributed by atoms with Crippen molar-refractivity contribution in [2.75, 3.05) is 26.3 Å². The second-order valence-corrected chi connectivity index (χ2v) is 6.56. The van der Waals surface area contributed by atoms with Gasteiger partial charge in [-0.1, -0.05) is 0 Å². The van der Waals surface area contributed by atoms with Gasteiger partial charge in [-0.2, -0.15) is 0 Å². The second-order valence-electron chi connectivity index (χ2n) is 6.56. The Kier molecular flexibility index (Phi) is 6.11. The van der Waals surface area contributed by atoms with Crippen molar-refractivity contribution in [3.63, 3.8) is 0 Å². The molecule has 0 spiro atoms. The predicted molar refractivity (Wildman–Crippen MR) is 98.8 cm³/mol. The minimum Gasteiger partial charge on any atom is -0.466 e. The Morgan fingerprint density at radius 2 is 1.89 bits per heavy atom. The van der Waals surface area contributed by atoms with E-state index in [0.29, 0.717) is 32.7 Å². The van der Waals surface area contributed by atoms with Gasteiger partial charge >= 0.3 is 11.9 Å². The van der Waals surface area contributed by atoms with Crippen LogP contribution in [-0.2, 0) is 38.6 Å². The summed E-state index contributed by atoms with van der Waals surface area (Å²) >= 11 is 0. The Hall–Kier alpha value is -2.41. The molecule has 0 amide bonds. The molecule has 1 aromatic carbocycles. The molecule has 1 aromatic heterocycles. The molecular formula is C20H25FN2O4. The van der Waals surface area contributed by atoms with E-state index in [9.17, 15) is 14.0 Å². The minimum atomic E-state index is -0.303. The average molecular weight is 376 g/mol. The van der Waals surface area contributed by atoms with Crippen LogP contribution in [0.15, 0.2) is 18.2 Å². The van der Waals surface area contributed by atoms with Gasteiger partial charge in [0.15, 0.2) is 0 Å². The minimum absolute atomic E-state index is 0.119. The maximum absolute atomic E-state index is 13.9. The average Bonchev–Trinajstić information content (AvgIpc) is 2.93. The van der Waals surface area contributed by atoms with Crippen molar-refractivity contribution in [1.29, 1.82) is 0 Å². The van der Waals surface area contributed by atoms with Crippen molar-refractivity contribution < 1.29 is 23.5 Å². The Balaban J connectivity index is 1.86. The van der Waals surface area contributed by atoms with Gasteiger partial charge in [0.05, 0.1) is 19.6 Å². The van der Waals surface area contributed by atoms with Gasteiger partial charge in [-0.25, -0.2) is 4.39 Å². The molecule has 6 nitrogen and oxygen atoms in total. The maximum atomic E-state index is 13.9. The molecule has 0 N–H and O–H groups in total. The normalized spacial score (nSPS) is 14.2. The third-order valence-electron chi connectivity index (χ3n) is 4.83.